The van der Waals surface area contributed by atoms with Crippen LogP contribution in [0.4, 0.5) is 4.79 Å². The molecule has 3 rings (SSSR count). The largest absolute Gasteiger partial charge is 0.445 e. The van der Waals surface area contributed by atoms with Gasteiger partial charge in [-0.1, -0.05) is 93.6 Å². The van der Waals surface area contributed by atoms with E-state index in [1.54, 1.807) is 0 Å². The van der Waals surface area contributed by atoms with Crippen LogP contribution in [-0.2, 0) is 22.7 Å². The number of rotatable bonds is 8. The van der Waals surface area contributed by atoms with Gasteiger partial charge in [-0.2, -0.15) is 0 Å². The number of nitrogens with one attached hydrogen (secondary N) is 1. The highest BCUT2D eigenvalue weighted by Gasteiger charge is 2.53. The van der Waals surface area contributed by atoms with Gasteiger partial charge in [0.15, 0.2) is 0 Å². The van der Waals surface area contributed by atoms with Gasteiger partial charge in [-0.15, -0.1) is 0 Å². The van der Waals surface area contributed by atoms with Crippen LogP contribution in [-0.4, -0.2) is 29.0 Å². The second-order valence-corrected chi connectivity index (χ2v) is 9.40. The number of ether oxygens (including phenoxy) is 1. The quantitative estimate of drug-likeness (QED) is 0.452. The van der Waals surface area contributed by atoms with Gasteiger partial charge in [0.05, 0.1) is 12.0 Å². The lowest BCUT2D eigenvalue weighted by molar-refractivity contribution is -0.162. The second-order valence-electron chi connectivity index (χ2n) is 9.40. The van der Waals surface area contributed by atoms with Crippen LogP contribution in [0.1, 0.15) is 45.2 Å². The average Bonchev–Trinajstić information content (AvgIpc) is 2.78. The van der Waals surface area contributed by atoms with Crippen LogP contribution in [0.2, 0.25) is 0 Å². The maximum Gasteiger partial charge on any atom is 0.407 e. The number of amides is 2. The van der Waals surface area contributed by atoms with Gasteiger partial charge in [0, 0.05) is 12.6 Å². The van der Waals surface area contributed by atoms with Crippen molar-refractivity contribution in [3.8, 4) is 0 Å². The highest BCUT2D eigenvalue weighted by molar-refractivity contribution is 5.87. The van der Waals surface area contributed by atoms with Crippen molar-refractivity contribution in [2.45, 2.75) is 59.4 Å². The Hall–Kier alpha value is -3.08. The van der Waals surface area contributed by atoms with E-state index in [2.05, 4.69) is 32.2 Å². The normalized spacial score (nSPS) is 19.5. The molecule has 0 radical (unpaired) electrons. The number of hydrogen-bond acceptors (Lipinski definition) is 3. The predicted octanol–water partition coefficient (Wildman–Crippen LogP) is 5.32. The molecule has 2 aromatic carbocycles. The number of carbonyl (C=O) groups excluding carboxylic acids is 2. The molecule has 0 saturated carbocycles. The first kappa shape index (κ1) is 23.6. The first-order valence-electron chi connectivity index (χ1n) is 11.2. The topological polar surface area (TPSA) is 58.6 Å². The van der Waals surface area contributed by atoms with Crippen LogP contribution in [0.3, 0.4) is 0 Å². The molecule has 1 heterocycles. The van der Waals surface area contributed by atoms with E-state index in [9.17, 15) is 9.59 Å². The molecule has 1 fully saturated rings. The Balaban J connectivity index is 1.73. The van der Waals surface area contributed by atoms with Crippen LogP contribution >= 0.6 is 0 Å². The number of nitrogens with zero attached hydrogens (tertiary/aromatic N) is 1. The van der Waals surface area contributed by atoms with Crippen LogP contribution < -0.4 is 5.32 Å². The molecule has 32 heavy (non-hydrogen) atoms. The van der Waals surface area contributed by atoms with Crippen molar-refractivity contribution in [1.29, 1.82) is 0 Å². The molecule has 1 N–H and O–H groups in total. The van der Waals surface area contributed by atoms with Gasteiger partial charge in [0.2, 0.25) is 5.91 Å². The van der Waals surface area contributed by atoms with E-state index in [1.807, 2.05) is 78.6 Å². The van der Waals surface area contributed by atoms with Gasteiger partial charge >= 0.3 is 6.09 Å². The molecule has 2 amide bonds. The summed E-state index contributed by atoms with van der Waals surface area (Å²) in [5.41, 5.74) is 1.72. The summed E-state index contributed by atoms with van der Waals surface area (Å²) in [5.74, 6) is -0.217. The van der Waals surface area contributed by atoms with Crippen molar-refractivity contribution >= 4 is 12.0 Å². The number of alkyl carbamates (subject to hydrolysis) is 1. The summed E-state index contributed by atoms with van der Waals surface area (Å²) < 4.78 is 5.46. The van der Waals surface area contributed by atoms with E-state index >= 15 is 0 Å². The zero-order valence-electron chi connectivity index (χ0n) is 19.5. The third-order valence-corrected chi connectivity index (χ3v) is 5.97. The van der Waals surface area contributed by atoms with E-state index in [0.29, 0.717) is 6.54 Å². The minimum atomic E-state index is -0.493. The third-order valence-electron chi connectivity index (χ3n) is 5.97. The molecule has 0 unspecified atom stereocenters. The molecular weight excluding hydrogens is 400 g/mol. The number of allylic oxidation sites excluding steroid dienone is 1. The van der Waals surface area contributed by atoms with Crippen molar-refractivity contribution in [2.24, 2.45) is 11.3 Å². The first-order valence-corrected chi connectivity index (χ1v) is 11.2. The molecule has 0 aromatic heterocycles. The zero-order valence-corrected chi connectivity index (χ0v) is 19.5. The van der Waals surface area contributed by atoms with Gasteiger partial charge in [0.1, 0.15) is 6.61 Å². The molecule has 0 aliphatic carbocycles. The summed E-state index contributed by atoms with van der Waals surface area (Å²) >= 11 is 0. The van der Waals surface area contributed by atoms with Gasteiger partial charge in [-0.05, 0) is 29.9 Å². The van der Waals surface area contributed by atoms with Crippen molar-refractivity contribution in [1.82, 2.24) is 10.2 Å². The summed E-state index contributed by atoms with van der Waals surface area (Å²) in [5, 5.41) is 3.02. The fraction of sp³-hybridized carbons (Fsp3) is 0.407. The van der Waals surface area contributed by atoms with Crippen molar-refractivity contribution < 1.29 is 14.3 Å². The number of carbonyl (C=O) groups is 2. The third kappa shape index (κ3) is 5.78. The van der Waals surface area contributed by atoms with Gasteiger partial charge in [-0.25, -0.2) is 4.79 Å². The number of hydrogen-bond donors (Lipinski definition) is 1. The van der Waals surface area contributed by atoms with E-state index in [4.69, 9.17) is 4.74 Å². The fourth-order valence-corrected chi connectivity index (χ4v) is 4.26. The molecule has 0 bridgehead atoms. The molecule has 3 atom stereocenters. The Kier molecular flexibility index (Phi) is 7.73. The highest BCUT2D eigenvalue weighted by atomic mass is 16.5. The summed E-state index contributed by atoms with van der Waals surface area (Å²) in [6, 6.07) is 19.3. The lowest BCUT2D eigenvalue weighted by atomic mass is 9.70. The maximum atomic E-state index is 13.3. The number of likely N-dealkylation sites (tertiary alicyclic amines) is 1. The van der Waals surface area contributed by atoms with Crippen LogP contribution in [0.5, 0.6) is 0 Å². The van der Waals surface area contributed by atoms with Crippen LogP contribution in [0.15, 0.2) is 72.8 Å². The molecule has 5 nitrogen and oxygen atoms in total. The number of benzene rings is 2. The second kappa shape index (κ2) is 10.5. The lowest BCUT2D eigenvalue weighted by Gasteiger charge is -2.53. The SMILES string of the molecule is C/C=C/C[C@H]1[C@H]([C@@H](NC(=O)OCc2ccccc2)C(C)(C)C)C(=O)N1Cc1ccccc1. The minimum Gasteiger partial charge on any atom is -0.445 e. The van der Waals surface area contributed by atoms with E-state index in [0.717, 1.165) is 17.5 Å². The monoisotopic (exact) mass is 434 g/mol. The standard InChI is InChI=1S/C27H34N2O3/c1-5-6-17-22-23(25(30)29(22)18-20-13-9-7-10-14-20)24(27(2,3)4)28-26(31)32-19-21-15-11-8-12-16-21/h5-16,22-24H,17-19H2,1-4H3,(H,28,31)/b6-5+/t22-,23+,24+/m0/s1. The smallest absolute Gasteiger partial charge is 0.407 e. The molecular formula is C27H34N2O3. The summed E-state index contributed by atoms with van der Waals surface area (Å²) in [6.07, 6.45) is 4.37. The highest BCUT2D eigenvalue weighted by Crippen LogP contribution is 2.39. The van der Waals surface area contributed by atoms with Gasteiger partial charge < -0.3 is 15.0 Å². The van der Waals surface area contributed by atoms with Gasteiger partial charge in [0.25, 0.3) is 0 Å². The Bertz CT molecular complexity index is 919. The Labute approximate surface area is 191 Å². The van der Waals surface area contributed by atoms with E-state index in [-0.39, 0.29) is 35.9 Å². The van der Waals surface area contributed by atoms with Crippen molar-refractivity contribution in [3.05, 3.63) is 83.9 Å². The fourth-order valence-electron chi connectivity index (χ4n) is 4.26. The zero-order chi connectivity index (χ0) is 23.1. The first-order chi connectivity index (χ1) is 15.3. The Morgan fingerprint density at radius 3 is 2.22 bits per heavy atom. The van der Waals surface area contributed by atoms with Crippen molar-refractivity contribution in [3.63, 3.8) is 0 Å². The molecule has 1 aliphatic rings. The van der Waals surface area contributed by atoms with E-state index < -0.39 is 6.09 Å². The average molecular weight is 435 g/mol. The molecule has 170 valence electrons. The Morgan fingerprint density at radius 2 is 1.66 bits per heavy atom. The van der Waals surface area contributed by atoms with Crippen LogP contribution in [0, 0.1) is 11.3 Å². The molecule has 0 spiro atoms. The molecule has 1 saturated heterocycles. The minimum absolute atomic E-state index is 0.0255. The summed E-state index contributed by atoms with van der Waals surface area (Å²) in [6.45, 7) is 8.91. The molecule has 2 aromatic rings. The number of β-lactam (4-membered cyclic amide) rings is 1. The lowest BCUT2D eigenvalue weighted by Crippen LogP contribution is -2.69. The summed E-state index contributed by atoms with van der Waals surface area (Å²) in [7, 11) is 0. The predicted molar refractivity (Wildman–Crippen MR) is 127 cm³/mol. The van der Waals surface area contributed by atoms with E-state index in [1.165, 1.54) is 0 Å². The molecule has 5 heteroatoms. The maximum absolute atomic E-state index is 13.3. The van der Waals surface area contributed by atoms with Crippen molar-refractivity contribution in [2.75, 3.05) is 0 Å². The molecule has 1 aliphatic heterocycles. The Morgan fingerprint density at radius 1 is 1.06 bits per heavy atom. The van der Waals surface area contributed by atoms with Gasteiger partial charge in [-0.3, -0.25) is 4.79 Å². The van der Waals surface area contributed by atoms with Crippen LogP contribution in [0.25, 0.3) is 0 Å². The summed E-state index contributed by atoms with van der Waals surface area (Å²) in [4.78, 5) is 27.9.